The van der Waals surface area contributed by atoms with Crippen LogP contribution in [0.2, 0.25) is 0 Å². The van der Waals surface area contributed by atoms with Gasteiger partial charge in [-0.3, -0.25) is 0 Å². The van der Waals surface area contributed by atoms with Crippen molar-refractivity contribution in [2.75, 3.05) is 6.61 Å². The number of para-hydroxylation sites is 1. The Bertz CT molecular complexity index is 969. The van der Waals surface area contributed by atoms with Gasteiger partial charge in [0.1, 0.15) is 5.75 Å². The van der Waals surface area contributed by atoms with Crippen molar-refractivity contribution in [1.29, 1.82) is 0 Å². The first kappa shape index (κ1) is 17.0. The zero-order valence-corrected chi connectivity index (χ0v) is 15.3. The molecule has 1 heterocycles. The van der Waals surface area contributed by atoms with Crippen molar-refractivity contribution in [3.63, 3.8) is 0 Å². The third kappa shape index (κ3) is 3.75. The summed E-state index contributed by atoms with van der Waals surface area (Å²) in [6, 6.07) is 33.0. The van der Waals surface area contributed by atoms with Crippen LogP contribution in [0.4, 0.5) is 0 Å². The van der Waals surface area contributed by atoms with E-state index in [1.54, 1.807) is 0 Å². The number of rotatable bonds is 5. The van der Waals surface area contributed by atoms with E-state index in [4.69, 9.17) is 9.72 Å². The van der Waals surface area contributed by atoms with Crippen LogP contribution in [-0.2, 0) is 0 Å². The minimum absolute atomic E-state index is 0.638. The zero-order valence-electron chi connectivity index (χ0n) is 15.3. The normalized spacial score (nSPS) is 10.6. The van der Waals surface area contributed by atoms with E-state index in [9.17, 15) is 0 Å². The molecular formula is C25H21NO. The number of hydrogen-bond acceptors (Lipinski definition) is 2. The molecule has 2 nitrogen and oxygen atoms in total. The Hall–Kier alpha value is -3.39. The summed E-state index contributed by atoms with van der Waals surface area (Å²) in [5, 5.41) is 0. The predicted molar refractivity (Wildman–Crippen MR) is 112 cm³/mol. The molecule has 0 amide bonds. The quantitative estimate of drug-likeness (QED) is 0.410. The lowest BCUT2D eigenvalue weighted by Gasteiger charge is -2.13. The van der Waals surface area contributed by atoms with Crippen molar-refractivity contribution < 1.29 is 4.74 Å². The lowest BCUT2D eigenvalue weighted by Crippen LogP contribution is -1.95. The van der Waals surface area contributed by atoms with Gasteiger partial charge in [-0.2, -0.15) is 0 Å². The molecular weight excluding hydrogens is 330 g/mol. The number of benzene rings is 3. The van der Waals surface area contributed by atoms with E-state index in [2.05, 4.69) is 42.5 Å². The first-order chi connectivity index (χ1) is 13.3. The SMILES string of the molecule is CCOc1ccccc1-c1cc(-c2ccccc2)nc(-c2ccccc2)c1. The van der Waals surface area contributed by atoms with Gasteiger partial charge >= 0.3 is 0 Å². The van der Waals surface area contributed by atoms with E-state index >= 15 is 0 Å². The molecule has 0 bridgehead atoms. The maximum absolute atomic E-state index is 5.86. The van der Waals surface area contributed by atoms with E-state index in [1.807, 2.05) is 61.5 Å². The summed E-state index contributed by atoms with van der Waals surface area (Å²) in [6.45, 7) is 2.65. The van der Waals surface area contributed by atoms with Crippen LogP contribution in [0.25, 0.3) is 33.6 Å². The van der Waals surface area contributed by atoms with Crippen LogP contribution in [0.5, 0.6) is 5.75 Å². The Morgan fingerprint density at radius 2 is 1.15 bits per heavy atom. The fourth-order valence-corrected chi connectivity index (χ4v) is 3.19. The molecule has 2 heteroatoms. The number of aromatic nitrogens is 1. The van der Waals surface area contributed by atoms with Gasteiger partial charge in [0.25, 0.3) is 0 Å². The Balaban J connectivity index is 1.92. The lowest BCUT2D eigenvalue weighted by atomic mass is 9.99. The molecule has 1 aromatic heterocycles. The van der Waals surface area contributed by atoms with Gasteiger partial charge in [-0.15, -0.1) is 0 Å². The molecule has 0 N–H and O–H groups in total. The highest BCUT2D eigenvalue weighted by Gasteiger charge is 2.11. The fourth-order valence-electron chi connectivity index (χ4n) is 3.19. The van der Waals surface area contributed by atoms with Gasteiger partial charge in [0.15, 0.2) is 0 Å². The third-order valence-electron chi connectivity index (χ3n) is 4.46. The van der Waals surface area contributed by atoms with Crippen molar-refractivity contribution in [1.82, 2.24) is 4.98 Å². The summed E-state index contributed by atoms with van der Waals surface area (Å²) in [6.07, 6.45) is 0. The van der Waals surface area contributed by atoms with Gasteiger partial charge in [-0.05, 0) is 30.7 Å². The van der Waals surface area contributed by atoms with Crippen molar-refractivity contribution >= 4 is 0 Å². The zero-order chi connectivity index (χ0) is 18.5. The number of pyridine rings is 1. The maximum atomic E-state index is 5.86. The molecule has 0 unspecified atom stereocenters. The van der Waals surface area contributed by atoms with Crippen LogP contribution in [-0.4, -0.2) is 11.6 Å². The van der Waals surface area contributed by atoms with Gasteiger partial charge in [0.2, 0.25) is 0 Å². The summed E-state index contributed by atoms with van der Waals surface area (Å²) in [5.74, 6) is 0.893. The number of ether oxygens (including phenoxy) is 1. The fraction of sp³-hybridized carbons (Fsp3) is 0.0800. The van der Waals surface area contributed by atoms with Crippen LogP contribution in [0.3, 0.4) is 0 Å². The molecule has 0 saturated carbocycles. The van der Waals surface area contributed by atoms with Crippen LogP contribution >= 0.6 is 0 Å². The summed E-state index contributed by atoms with van der Waals surface area (Å²) in [7, 11) is 0. The second-order valence-electron chi connectivity index (χ2n) is 6.29. The molecule has 27 heavy (non-hydrogen) atoms. The van der Waals surface area contributed by atoms with Crippen LogP contribution in [0.15, 0.2) is 97.1 Å². The maximum Gasteiger partial charge on any atom is 0.127 e. The minimum atomic E-state index is 0.638. The monoisotopic (exact) mass is 351 g/mol. The molecule has 0 aliphatic heterocycles. The van der Waals surface area contributed by atoms with Gasteiger partial charge < -0.3 is 4.74 Å². The van der Waals surface area contributed by atoms with E-state index in [0.717, 1.165) is 39.4 Å². The lowest BCUT2D eigenvalue weighted by molar-refractivity contribution is 0.341. The van der Waals surface area contributed by atoms with Gasteiger partial charge in [0, 0.05) is 16.7 Å². The first-order valence-electron chi connectivity index (χ1n) is 9.20. The Morgan fingerprint density at radius 1 is 0.630 bits per heavy atom. The second-order valence-corrected chi connectivity index (χ2v) is 6.29. The highest BCUT2D eigenvalue weighted by molar-refractivity contribution is 5.79. The Labute approximate surface area is 160 Å². The van der Waals surface area contributed by atoms with E-state index in [0.29, 0.717) is 6.61 Å². The molecule has 3 aromatic carbocycles. The first-order valence-corrected chi connectivity index (χ1v) is 9.20. The molecule has 0 atom stereocenters. The molecule has 132 valence electrons. The third-order valence-corrected chi connectivity index (χ3v) is 4.46. The van der Waals surface area contributed by atoms with Gasteiger partial charge in [0.05, 0.1) is 18.0 Å². The predicted octanol–water partition coefficient (Wildman–Crippen LogP) is 6.48. The van der Waals surface area contributed by atoms with Crippen molar-refractivity contribution in [3.05, 3.63) is 97.1 Å². The van der Waals surface area contributed by atoms with E-state index in [-0.39, 0.29) is 0 Å². The molecule has 0 fully saturated rings. The molecule has 4 aromatic rings. The standard InChI is InChI=1S/C25H21NO/c1-2-27-25-16-10-9-15-22(25)21-17-23(19-11-5-3-6-12-19)26-24(18-21)20-13-7-4-8-14-20/h3-18H,2H2,1H3. The van der Waals surface area contributed by atoms with E-state index in [1.165, 1.54) is 0 Å². The summed E-state index contributed by atoms with van der Waals surface area (Å²) in [4.78, 5) is 4.93. The summed E-state index contributed by atoms with van der Waals surface area (Å²) in [5.41, 5.74) is 6.30. The Morgan fingerprint density at radius 3 is 1.70 bits per heavy atom. The van der Waals surface area contributed by atoms with Gasteiger partial charge in [-0.1, -0.05) is 78.9 Å². The molecule has 0 radical (unpaired) electrons. The second kappa shape index (κ2) is 7.88. The topological polar surface area (TPSA) is 22.1 Å². The largest absolute Gasteiger partial charge is 0.493 e. The summed E-state index contributed by atoms with van der Waals surface area (Å²) < 4.78 is 5.86. The van der Waals surface area contributed by atoms with Crippen molar-refractivity contribution in [2.24, 2.45) is 0 Å². The molecule has 0 aliphatic carbocycles. The van der Waals surface area contributed by atoms with Gasteiger partial charge in [-0.25, -0.2) is 4.98 Å². The average Bonchev–Trinajstić information content (AvgIpc) is 2.75. The van der Waals surface area contributed by atoms with Crippen LogP contribution < -0.4 is 4.74 Å². The van der Waals surface area contributed by atoms with Crippen molar-refractivity contribution in [3.8, 4) is 39.4 Å². The highest BCUT2D eigenvalue weighted by atomic mass is 16.5. The molecule has 0 aliphatic rings. The van der Waals surface area contributed by atoms with Crippen LogP contribution in [0.1, 0.15) is 6.92 Å². The minimum Gasteiger partial charge on any atom is -0.493 e. The van der Waals surface area contributed by atoms with Crippen LogP contribution in [0, 0.1) is 0 Å². The molecule has 0 spiro atoms. The number of nitrogens with zero attached hydrogens (tertiary/aromatic N) is 1. The smallest absolute Gasteiger partial charge is 0.127 e. The highest BCUT2D eigenvalue weighted by Crippen LogP contribution is 2.34. The summed E-state index contributed by atoms with van der Waals surface area (Å²) >= 11 is 0. The molecule has 0 saturated heterocycles. The van der Waals surface area contributed by atoms with Crippen molar-refractivity contribution in [2.45, 2.75) is 6.92 Å². The Kier molecular flexibility index (Phi) is 4.97. The number of hydrogen-bond donors (Lipinski definition) is 0. The average molecular weight is 351 g/mol. The molecule has 4 rings (SSSR count). The van der Waals surface area contributed by atoms with E-state index < -0.39 is 0 Å².